The lowest BCUT2D eigenvalue weighted by Gasteiger charge is -2.21. The first-order chi connectivity index (χ1) is 10.8. The highest BCUT2D eigenvalue weighted by molar-refractivity contribution is 7.11. The van der Waals surface area contributed by atoms with Crippen molar-refractivity contribution >= 4 is 17.2 Å². The number of rotatable bonds is 4. The number of carbonyl (C=O) groups is 1. The van der Waals surface area contributed by atoms with E-state index >= 15 is 0 Å². The molecule has 0 saturated carbocycles. The standard InChI is InChI=1S/C15H19N5OS/c21-15(10-4-5-13-17-9-18-20(13)8-10)16-7-6-14-19-11-2-1-3-12(11)22-14/h9-10H,1-8H2,(H,16,21). The number of aromatic nitrogens is 4. The Bertz CT molecular complexity index is 670. The van der Waals surface area contributed by atoms with Crippen molar-refractivity contribution in [1.82, 2.24) is 25.1 Å². The summed E-state index contributed by atoms with van der Waals surface area (Å²) in [6.45, 7) is 1.32. The van der Waals surface area contributed by atoms with Gasteiger partial charge in [0, 0.05) is 24.3 Å². The number of hydrogen-bond donors (Lipinski definition) is 1. The highest BCUT2D eigenvalue weighted by Gasteiger charge is 2.25. The number of aryl methyl sites for hydroxylation is 3. The van der Waals surface area contributed by atoms with Crippen molar-refractivity contribution in [2.24, 2.45) is 5.92 Å². The minimum absolute atomic E-state index is 0.00972. The van der Waals surface area contributed by atoms with Crippen LogP contribution in [0.15, 0.2) is 6.33 Å². The fourth-order valence-electron chi connectivity index (χ4n) is 3.24. The van der Waals surface area contributed by atoms with Gasteiger partial charge in [0.15, 0.2) is 0 Å². The maximum atomic E-state index is 12.3. The van der Waals surface area contributed by atoms with Crippen LogP contribution in [0, 0.1) is 5.92 Å². The molecule has 0 aromatic carbocycles. The molecule has 0 radical (unpaired) electrons. The zero-order valence-electron chi connectivity index (χ0n) is 12.4. The van der Waals surface area contributed by atoms with Gasteiger partial charge in [0.05, 0.1) is 23.2 Å². The van der Waals surface area contributed by atoms with Gasteiger partial charge in [-0.3, -0.25) is 4.79 Å². The van der Waals surface area contributed by atoms with Crippen molar-refractivity contribution < 1.29 is 4.79 Å². The van der Waals surface area contributed by atoms with Crippen LogP contribution in [0.1, 0.15) is 34.2 Å². The SMILES string of the molecule is O=C(NCCc1nc2c(s1)CCC2)C1CCc2ncnn2C1. The molecule has 1 atom stereocenters. The van der Waals surface area contributed by atoms with Gasteiger partial charge in [-0.15, -0.1) is 11.3 Å². The Kier molecular flexibility index (Phi) is 3.65. The zero-order chi connectivity index (χ0) is 14.9. The van der Waals surface area contributed by atoms with E-state index in [9.17, 15) is 4.79 Å². The van der Waals surface area contributed by atoms with Crippen LogP contribution in [-0.4, -0.2) is 32.2 Å². The van der Waals surface area contributed by atoms with Crippen LogP contribution in [0.2, 0.25) is 0 Å². The number of hydrogen-bond acceptors (Lipinski definition) is 5. The molecule has 4 rings (SSSR count). The van der Waals surface area contributed by atoms with Crippen LogP contribution in [0.3, 0.4) is 0 Å². The Labute approximate surface area is 133 Å². The molecule has 6 nitrogen and oxygen atoms in total. The van der Waals surface area contributed by atoms with Gasteiger partial charge in [-0.1, -0.05) is 0 Å². The number of thiazole rings is 1. The summed E-state index contributed by atoms with van der Waals surface area (Å²) in [5.74, 6) is 1.13. The molecule has 22 heavy (non-hydrogen) atoms. The van der Waals surface area contributed by atoms with E-state index in [-0.39, 0.29) is 11.8 Å². The summed E-state index contributed by atoms with van der Waals surface area (Å²) in [6.07, 6.45) is 7.65. The molecular formula is C15H19N5OS. The molecule has 1 aliphatic carbocycles. The third-order valence-electron chi connectivity index (χ3n) is 4.45. The molecule has 2 aromatic rings. The highest BCUT2D eigenvalue weighted by atomic mass is 32.1. The molecule has 0 fully saturated rings. The molecule has 3 heterocycles. The van der Waals surface area contributed by atoms with Gasteiger partial charge >= 0.3 is 0 Å². The van der Waals surface area contributed by atoms with Crippen molar-refractivity contribution in [3.05, 3.63) is 27.7 Å². The molecule has 0 saturated heterocycles. The highest BCUT2D eigenvalue weighted by Crippen LogP contribution is 2.27. The summed E-state index contributed by atoms with van der Waals surface area (Å²) < 4.78 is 1.85. The van der Waals surface area contributed by atoms with E-state index in [2.05, 4.69) is 20.4 Å². The van der Waals surface area contributed by atoms with Crippen molar-refractivity contribution in [3.63, 3.8) is 0 Å². The van der Waals surface area contributed by atoms with E-state index < -0.39 is 0 Å². The summed E-state index contributed by atoms with van der Waals surface area (Å²) in [5.41, 5.74) is 1.29. The second-order valence-corrected chi connectivity index (χ2v) is 7.13. The third kappa shape index (κ3) is 2.65. The van der Waals surface area contributed by atoms with Gasteiger partial charge in [0.25, 0.3) is 0 Å². The molecule has 1 amide bonds. The van der Waals surface area contributed by atoms with Gasteiger partial charge in [-0.2, -0.15) is 5.10 Å². The quantitative estimate of drug-likeness (QED) is 0.918. The van der Waals surface area contributed by atoms with Gasteiger partial charge < -0.3 is 5.32 Å². The van der Waals surface area contributed by atoms with Crippen LogP contribution in [0.25, 0.3) is 0 Å². The Hall–Kier alpha value is -1.76. The van der Waals surface area contributed by atoms with Crippen molar-refractivity contribution in [1.29, 1.82) is 0 Å². The van der Waals surface area contributed by atoms with Crippen LogP contribution >= 0.6 is 11.3 Å². The first kappa shape index (κ1) is 13.9. The summed E-state index contributed by atoms with van der Waals surface area (Å²) in [5, 5.41) is 8.38. The Morgan fingerprint density at radius 3 is 3.27 bits per heavy atom. The predicted molar refractivity (Wildman–Crippen MR) is 82.7 cm³/mol. The van der Waals surface area contributed by atoms with E-state index in [1.807, 2.05) is 16.0 Å². The van der Waals surface area contributed by atoms with Gasteiger partial charge in [-0.25, -0.2) is 14.6 Å². The summed E-state index contributed by atoms with van der Waals surface area (Å²) in [7, 11) is 0. The zero-order valence-corrected chi connectivity index (χ0v) is 13.2. The average molecular weight is 317 g/mol. The van der Waals surface area contributed by atoms with Crippen molar-refractivity contribution in [2.45, 2.75) is 45.1 Å². The number of nitrogens with one attached hydrogen (secondary N) is 1. The van der Waals surface area contributed by atoms with Crippen LogP contribution in [0.5, 0.6) is 0 Å². The first-order valence-corrected chi connectivity index (χ1v) is 8.73. The Balaban J connectivity index is 1.28. The van der Waals surface area contributed by atoms with Crippen molar-refractivity contribution in [3.8, 4) is 0 Å². The summed E-state index contributed by atoms with van der Waals surface area (Å²) >= 11 is 1.82. The summed E-state index contributed by atoms with van der Waals surface area (Å²) in [6, 6.07) is 0. The lowest BCUT2D eigenvalue weighted by atomic mass is 9.99. The third-order valence-corrected chi connectivity index (χ3v) is 5.67. The second kappa shape index (κ2) is 5.79. The number of amides is 1. The molecule has 7 heteroatoms. The fourth-order valence-corrected chi connectivity index (χ4v) is 4.40. The molecule has 2 aliphatic rings. The van der Waals surface area contributed by atoms with Gasteiger partial charge in [-0.05, 0) is 25.7 Å². The maximum Gasteiger partial charge on any atom is 0.225 e. The second-order valence-electron chi connectivity index (χ2n) is 5.97. The normalized spacial score (nSPS) is 19.7. The summed E-state index contributed by atoms with van der Waals surface area (Å²) in [4.78, 5) is 22.6. The minimum Gasteiger partial charge on any atom is -0.355 e. The van der Waals surface area contributed by atoms with Gasteiger partial charge in [0.1, 0.15) is 12.2 Å². The topological polar surface area (TPSA) is 72.7 Å². The minimum atomic E-state index is 0.00972. The van der Waals surface area contributed by atoms with Crippen molar-refractivity contribution in [2.75, 3.05) is 6.54 Å². The molecule has 2 aromatic heterocycles. The molecule has 1 unspecified atom stereocenters. The van der Waals surface area contributed by atoms with Gasteiger partial charge in [0.2, 0.25) is 5.91 Å². The first-order valence-electron chi connectivity index (χ1n) is 7.91. The Morgan fingerprint density at radius 1 is 1.41 bits per heavy atom. The molecule has 1 aliphatic heterocycles. The van der Waals surface area contributed by atoms with E-state index in [0.29, 0.717) is 13.1 Å². The molecular weight excluding hydrogens is 298 g/mol. The van der Waals surface area contributed by atoms with E-state index in [0.717, 1.165) is 36.5 Å². The largest absolute Gasteiger partial charge is 0.355 e. The molecule has 0 bridgehead atoms. The van der Waals surface area contributed by atoms with E-state index in [1.165, 1.54) is 23.4 Å². The molecule has 1 N–H and O–H groups in total. The molecule has 0 spiro atoms. The fraction of sp³-hybridized carbons (Fsp3) is 0.600. The lowest BCUT2D eigenvalue weighted by Crippen LogP contribution is -2.37. The maximum absolute atomic E-state index is 12.3. The number of nitrogens with zero attached hydrogens (tertiary/aromatic N) is 4. The molecule has 116 valence electrons. The van der Waals surface area contributed by atoms with Crippen LogP contribution < -0.4 is 5.32 Å². The van der Waals surface area contributed by atoms with Crippen LogP contribution in [0.4, 0.5) is 0 Å². The van der Waals surface area contributed by atoms with E-state index in [4.69, 9.17) is 0 Å². The van der Waals surface area contributed by atoms with Crippen LogP contribution in [-0.2, 0) is 37.0 Å². The Morgan fingerprint density at radius 2 is 2.36 bits per heavy atom. The smallest absolute Gasteiger partial charge is 0.225 e. The monoisotopic (exact) mass is 317 g/mol. The number of fused-ring (bicyclic) bond motifs is 2. The average Bonchev–Trinajstić information content (AvgIpc) is 3.21. The lowest BCUT2D eigenvalue weighted by molar-refractivity contribution is -0.126. The number of carbonyl (C=O) groups excluding carboxylic acids is 1. The predicted octanol–water partition coefficient (Wildman–Crippen LogP) is 1.14. The van der Waals surface area contributed by atoms with E-state index in [1.54, 1.807) is 6.33 Å².